The van der Waals surface area contributed by atoms with E-state index in [0.29, 0.717) is 17.1 Å². The van der Waals surface area contributed by atoms with Crippen molar-refractivity contribution in [1.29, 1.82) is 0 Å². The molecule has 0 radical (unpaired) electrons. The molecule has 0 bridgehead atoms. The van der Waals surface area contributed by atoms with Gasteiger partial charge in [0.2, 0.25) is 11.9 Å². The highest BCUT2D eigenvalue weighted by atomic mass is 28.3. The molecule has 10 aromatic rings. The highest BCUT2D eigenvalue weighted by Crippen LogP contribution is 2.48. The van der Waals surface area contributed by atoms with Gasteiger partial charge in [-0.05, 0) is 46.5 Å². The Morgan fingerprint density at radius 1 is 0.429 bits per heavy atom. The van der Waals surface area contributed by atoms with E-state index >= 15 is 0 Å². The lowest BCUT2D eigenvalue weighted by molar-refractivity contribution is 0.459. The van der Waals surface area contributed by atoms with Crippen molar-refractivity contribution in [3.8, 4) is 34.4 Å². The van der Waals surface area contributed by atoms with Gasteiger partial charge in [-0.25, -0.2) is 0 Å². The number of benzene rings is 7. The molecule has 0 N–H and O–H groups in total. The van der Waals surface area contributed by atoms with Crippen molar-refractivity contribution in [3.05, 3.63) is 176 Å². The quantitative estimate of drug-likeness (QED) is 0.143. The Morgan fingerprint density at radius 3 is 1.40 bits per heavy atom. The van der Waals surface area contributed by atoms with Gasteiger partial charge in [-0.3, -0.25) is 9.13 Å². The fourth-order valence-corrected chi connectivity index (χ4v) is 18.4. The first-order valence-corrected chi connectivity index (χ1v) is 25.1. The Bertz CT molecular complexity index is 3260. The van der Waals surface area contributed by atoms with Gasteiger partial charge in [-0.15, -0.1) is 0 Å². The zero-order valence-electron chi connectivity index (χ0n) is 39.4. The molecule has 5 nitrogen and oxygen atoms in total. The van der Waals surface area contributed by atoms with E-state index in [9.17, 15) is 5.48 Å². The summed E-state index contributed by atoms with van der Waals surface area (Å²) >= 11 is 0. The van der Waals surface area contributed by atoms with Crippen molar-refractivity contribution in [2.45, 2.75) is 75.3 Å². The Hall–Kier alpha value is -6.63. The van der Waals surface area contributed by atoms with E-state index in [0.717, 1.165) is 106 Å². The number of para-hydroxylation sites is 4. The second-order valence-electron chi connectivity index (χ2n) is 17.7. The lowest BCUT2D eigenvalue weighted by atomic mass is 9.99. The fourth-order valence-electron chi connectivity index (χ4n) is 11.7. The molecule has 0 saturated heterocycles. The van der Waals surface area contributed by atoms with Gasteiger partial charge < -0.3 is 0 Å². The topological polar surface area (TPSA) is 48.5 Å². The van der Waals surface area contributed by atoms with Crippen LogP contribution in [0.15, 0.2) is 176 Å². The van der Waals surface area contributed by atoms with Gasteiger partial charge in [-0.2, -0.15) is 15.0 Å². The number of hydrogen-bond donors (Lipinski definition) is 0. The minimum atomic E-state index is -3.16. The summed E-state index contributed by atoms with van der Waals surface area (Å²) in [7, 11) is -3.16. The van der Waals surface area contributed by atoms with Crippen LogP contribution in [-0.2, 0) is 0 Å². The minimum absolute atomic E-state index is 0.0333. The summed E-state index contributed by atoms with van der Waals surface area (Å²) in [6.45, 7) is 0. The number of aromatic nitrogens is 5. The summed E-state index contributed by atoms with van der Waals surface area (Å²) in [5.74, 6) is 0.890. The lowest BCUT2D eigenvalue weighted by Gasteiger charge is -2.49. The van der Waals surface area contributed by atoms with Crippen LogP contribution in [-0.4, -0.2) is 32.2 Å². The third-order valence-electron chi connectivity index (χ3n) is 14.4. The zero-order valence-corrected chi connectivity index (χ0v) is 36.4. The van der Waals surface area contributed by atoms with Gasteiger partial charge in [0.1, 0.15) is 8.07 Å². The number of fused-ring (bicyclic) bond motifs is 6. The molecule has 3 heterocycles. The van der Waals surface area contributed by atoms with E-state index in [2.05, 4.69) is 112 Å². The molecule has 12 rings (SSSR count). The van der Waals surface area contributed by atoms with Crippen LogP contribution in [0.5, 0.6) is 0 Å². The molecule has 2 aliphatic carbocycles. The lowest BCUT2D eigenvalue weighted by Crippen LogP contribution is -2.65. The summed E-state index contributed by atoms with van der Waals surface area (Å²) in [4.78, 5) is 16.0. The van der Waals surface area contributed by atoms with Crippen LogP contribution in [0.1, 0.15) is 69.7 Å². The van der Waals surface area contributed by atoms with Crippen molar-refractivity contribution in [2.24, 2.45) is 0 Å². The van der Waals surface area contributed by atoms with Crippen LogP contribution in [0.4, 0.5) is 0 Å². The molecule has 7 aromatic carbocycles. The molecule has 0 unspecified atom stereocenters. The predicted molar refractivity (Wildman–Crippen MR) is 265 cm³/mol. The first-order chi connectivity index (χ1) is 32.9. The molecule has 308 valence electrons. The van der Waals surface area contributed by atoms with E-state index in [1.165, 1.54) is 18.0 Å². The van der Waals surface area contributed by atoms with Gasteiger partial charge >= 0.3 is 0 Å². The van der Waals surface area contributed by atoms with Crippen molar-refractivity contribution in [2.75, 3.05) is 0 Å². The van der Waals surface area contributed by atoms with Gasteiger partial charge in [-0.1, -0.05) is 226 Å². The highest BCUT2D eigenvalue weighted by Gasteiger charge is 2.50. The molecule has 0 amide bonds. The first kappa shape index (κ1) is 33.9. The Balaban J connectivity index is 1.19. The summed E-state index contributed by atoms with van der Waals surface area (Å²) in [5, 5.41) is 6.16. The SMILES string of the molecule is [2H]c1c([2H])c(-c2nc(-n3c4ccccc4c4ccccc43)nc(-n3c4ccccc4c4ccccc43)n2)c([2H])c([Si](c2cccc(-c3ccccc3)c2)(C2CCCCC2)C2CCCCC2)c1[2H]. The van der Waals surface area contributed by atoms with E-state index in [4.69, 9.17) is 15.0 Å². The third-order valence-corrected chi connectivity index (χ3v) is 20.5. The molecule has 63 heavy (non-hydrogen) atoms. The molecule has 0 aliphatic heterocycles. The number of hydrogen-bond acceptors (Lipinski definition) is 3. The van der Waals surface area contributed by atoms with Gasteiger partial charge in [0, 0.05) is 27.1 Å². The van der Waals surface area contributed by atoms with Crippen LogP contribution in [0.3, 0.4) is 0 Å². The summed E-state index contributed by atoms with van der Waals surface area (Å²) in [6.07, 6.45) is 10.9. The smallest absolute Gasteiger partial charge is 0.240 e. The van der Waals surface area contributed by atoms with Crippen molar-refractivity contribution < 1.29 is 5.48 Å². The van der Waals surface area contributed by atoms with Crippen LogP contribution in [0, 0.1) is 0 Å². The zero-order chi connectivity index (χ0) is 45.2. The second-order valence-corrected chi connectivity index (χ2v) is 22.2. The van der Waals surface area contributed by atoms with Crippen LogP contribution < -0.4 is 10.4 Å². The maximum atomic E-state index is 10.7. The molecule has 6 heteroatoms. The van der Waals surface area contributed by atoms with Crippen LogP contribution >= 0.6 is 0 Å². The molecular formula is C57H51N5Si. The van der Waals surface area contributed by atoms with Gasteiger partial charge in [0.25, 0.3) is 0 Å². The van der Waals surface area contributed by atoms with Crippen LogP contribution in [0.25, 0.3) is 78.0 Å². The maximum absolute atomic E-state index is 10.7. The minimum Gasteiger partial charge on any atom is -0.278 e. The van der Waals surface area contributed by atoms with E-state index < -0.39 is 8.07 Å². The molecule has 0 spiro atoms. The molecule has 2 aliphatic rings. The predicted octanol–water partition coefficient (Wildman–Crippen LogP) is 13.6. The summed E-state index contributed by atoms with van der Waals surface area (Å²) < 4.78 is 44.7. The van der Waals surface area contributed by atoms with Crippen LogP contribution in [0.2, 0.25) is 11.1 Å². The van der Waals surface area contributed by atoms with E-state index in [1.807, 2.05) is 48.5 Å². The highest BCUT2D eigenvalue weighted by molar-refractivity contribution is 7.04. The molecule has 2 saturated carbocycles. The fraction of sp³-hybridized carbons (Fsp3) is 0.211. The standard InChI is InChI=1S/C57H51N5Si/c1-4-20-40(21-5-1)41-22-18-28-45(38-41)63(43-24-6-2-7-25-43,44-26-8-3-9-27-44)46-29-19-23-42(39-46)55-58-56(61-51-34-14-10-30-47(51)48-31-11-15-35-52(48)61)60-57(59-55)62-53-36-16-12-32-49(53)50-33-13-17-37-54(50)62/h1,4-5,10-23,28-39,43-44H,2-3,6-9,24-27H2/i19D,23D,29D,39D. The first-order valence-electron chi connectivity index (χ1n) is 24.9. The largest absolute Gasteiger partial charge is 0.278 e. The molecule has 0 atom stereocenters. The number of rotatable bonds is 8. The summed E-state index contributed by atoms with van der Waals surface area (Å²) in [6, 6.07) is 52.5. The van der Waals surface area contributed by atoms with Gasteiger partial charge in [0.15, 0.2) is 5.82 Å². The van der Waals surface area contributed by atoms with Gasteiger partial charge in [0.05, 0.1) is 27.5 Å². The molecule has 2 fully saturated rings. The Labute approximate surface area is 375 Å². The molecular weight excluding hydrogens is 783 g/mol. The monoisotopic (exact) mass is 837 g/mol. The Kier molecular flexibility index (Phi) is 8.58. The van der Waals surface area contributed by atoms with E-state index in [-0.39, 0.29) is 46.6 Å². The number of nitrogens with zero attached hydrogens (tertiary/aromatic N) is 5. The second kappa shape index (κ2) is 15.9. The van der Waals surface area contributed by atoms with Crippen molar-refractivity contribution in [3.63, 3.8) is 0 Å². The van der Waals surface area contributed by atoms with E-state index in [1.54, 1.807) is 0 Å². The van der Waals surface area contributed by atoms with Crippen molar-refractivity contribution >= 4 is 62.1 Å². The van der Waals surface area contributed by atoms with Crippen molar-refractivity contribution in [1.82, 2.24) is 24.1 Å². The molecule has 3 aromatic heterocycles. The third kappa shape index (κ3) is 6.37. The Morgan fingerprint density at radius 2 is 0.889 bits per heavy atom. The summed E-state index contributed by atoms with van der Waals surface area (Å²) in [5.41, 5.74) is 6.71. The average molecular weight is 838 g/mol. The normalized spacial score (nSPS) is 16.4. The average Bonchev–Trinajstić information content (AvgIpc) is 3.91. The maximum Gasteiger partial charge on any atom is 0.240 e.